The van der Waals surface area contributed by atoms with Crippen LogP contribution >= 0.6 is 0 Å². The number of hydrogen-bond acceptors (Lipinski definition) is 2. The fraction of sp³-hybridized carbons (Fsp3) is 1.00. The van der Waals surface area contributed by atoms with Gasteiger partial charge in [0.15, 0.2) is 0 Å². The van der Waals surface area contributed by atoms with Gasteiger partial charge in [-0.1, -0.05) is 0 Å². The Morgan fingerprint density at radius 3 is 1.83 bits per heavy atom. The third kappa shape index (κ3) is 5.27. The van der Waals surface area contributed by atoms with Crippen LogP contribution < -0.4 is 5.32 Å². The molecule has 0 aromatic rings. The molecule has 2 heteroatoms. The Labute approximate surface area is 115 Å². The molecule has 0 aliphatic heterocycles. The molecule has 18 heavy (non-hydrogen) atoms. The lowest BCUT2D eigenvalue weighted by molar-refractivity contribution is 0.0783. The van der Waals surface area contributed by atoms with Gasteiger partial charge in [-0.3, -0.25) is 4.90 Å². The molecule has 0 unspecified atom stereocenters. The van der Waals surface area contributed by atoms with Gasteiger partial charge in [-0.15, -0.1) is 0 Å². The number of nitrogens with one attached hydrogen (secondary N) is 1. The zero-order chi connectivity index (χ0) is 14.0. The van der Waals surface area contributed by atoms with Crippen LogP contribution in [0.25, 0.3) is 0 Å². The van der Waals surface area contributed by atoms with Crippen LogP contribution in [0.3, 0.4) is 0 Å². The van der Waals surface area contributed by atoms with E-state index in [1.54, 1.807) is 0 Å². The summed E-state index contributed by atoms with van der Waals surface area (Å²) in [6, 6.07) is 0.788. The standard InChI is InChI=1S/C16H34N2/c1-15(2,3)17-12-13-8-10-14(11-9-13)18(7)16(4,5)6/h13-14,17H,8-12H2,1-7H3. The molecule has 0 radical (unpaired) electrons. The molecule has 1 N–H and O–H groups in total. The Morgan fingerprint density at radius 1 is 0.944 bits per heavy atom. The van der Waals surface area contributed by atoms with E-state index in [2.05, 4.69) is 58.8 Å². The van der Waals surface area contributed by atoms with Gasteiger partial charge in [0, 0.05) is 17.1 Å². The van der Waals surface area contributed by atoms with Crippen LogP contribution in [0, 0.1) is 5.92 Å². The van der Waals surface area contributed by atoms with E-state index in [1.807, 2.05) is 0 Å². The van der Waals surface area contributed by atoms with Crippen molar-refractivity contribution in [2.45, 2.75) is 84.3 Å². The summed E-state index contributed by atoms with van der Waals surface area (Å²) < 4.78 is 0. The Morgan fingerprint density at radius 2 is 1.44 bits per heavy atom. The predicted octanol–water partition coefficient (Wildman–Crippen LogP) is 3.66. The molecule has 1 fully saturated rings. The Balaban J connectivity index is 2.33. The van der Waals surface area contributed by atoms with Gasteiger partial charge >= 0.3 is 0 Å². The quantitative estimate of drug-likeness (QED) is 0.827. The first-order valence-electron chi connectivity index (χ1n) is 7.57. The van der Waals surface area contributed by atoms with Gasteiger partial charge in [0.05, 0.1) is 0 Å². The molecule has 0 spiro atoms. The fourth-order valence-corrected chi connectivity index (χ4v) is 2.73. The van der Waals surface area contributed by atoms with Crippen molar-refractivity contribution in [2.24, 2.45) is 5.92 Å². The maximum Gasteiger partial charge on any atom is 0.0124 e. The minimum absolute atomic E-state index is 0.263. The van der Waals surface area contributed by atoms with Crippen molar-refractivity contribution in [2.75, 3.05) is 13.6 Å². The zero-order valence-corrected chi connectivity index (χ0v) is 13.6. The molecule has 1 rings (SSSR count). The Bertz CT molecular complexity index is 239. The summed E-state index contributed by atoms with van der Waals surface area (Å²) in [6.07, 6.45) is 5.50. The van der Waals surface area contributed by atoms with E-state index in [4.69, 9.17) is 0 Å². The summed E-state index contributed by atoms with van der Waals surface area (Å²) >= 11 is 0. The molecule has 0 aromatic carbocycles. The summed E-state index contributed by atoms with van der Waals surface area (Å²) in [4.78, 5) is 2.57. The third-order valence-electron chi connectivity index (χ3n) is 4.34. The van der Waals surface area contributed by atoms with Crippen molar-refractivity contribution in [3.05, 3.63) is 0 Å². The molecule has 0 bridgehead atoms. The molecule has 108 valence electrons. The van der Waals surface area contributed by atoms with Crippen molar-refractivity contribution in [3.63, 3.8) is 0 Å². The summed E-state index contributed by atoms with van der Waals surface area (Å²) in [5.74, 6) is 0.883. The average molecular weight is 254 g/mol. The maximum atomic E-state index is 3.65. The molecule has 0 saturated heterocycles. The molecule has 2 nitrogen and oxygen atoms in total. The van der Waals surface area contributed by atoms with Gasteiger partial charge in [0.25, 0.3) is 0 Å². The number of nitrogens with zero attached hydrogens (tertiary/aromatic N) is 1. The minimum atomic E-state index is 0.263. The molecular weight excluding hydrogens is 220 g/mol. The highest BCUT2D eigenvalue weighted by Crippen LogP contribution is 2.30. The van der Waals surface area contributed by atoms with E-state index in [9.17, 15) is 0 Å². The van der Waals surface area contributed by atoms with Crippen LogP contribution in [0.2, 0.25) is 0 Å². The van der Waals surface area contributed by atoms with E-state index >= 15 is 0 Å². The molecule has 0 heterocycles. The average Bonchev–Trinajstić information content (AvgIpc) is 2.24. The van der Waals surface area contributed by atoms with Gasteiger partial charge in [-0.25, -0.2) is 0 Å². The summed E-state index contributed by atoms with van der Waals surface area (Å²) in [5, 5.41) is 3.65. The SMILES string of the molecule is CN(C1CCC(CNC(C)(C)C)CC1)C(C)(C)C. The second kappa shape index (κ2) is 5.92. The van der Waals surface area contributed by atoms with Crippen LogP contribution in [0.5, 0.6) is 0 Å². The Kier molecular flexibility index (Phi) is 5.25. The summed E-state index contributed by atoms with van der Waals surface area (Å²) in [7, 11) is 2.29. The largest absolute Gasteiger partial charge is 0.312 e. The van der Waals surface area contributed by atoms with E-state index < -0.39 is 0 Å². The van der Waals surface area contributed by atoms with Crippen molar-refractivity contribution in [3.8, 4) is 0 Å². The zero-order valence-electron chi connectivity index (χ0n) is 13.6. The first kappa shape index (κ1) is 16.0. The maximum absolute atomic E-state index is 3.65. The minimum Gasteiger partial charge on any atom is -0.312 e. The van der Waals surface area contributed by atoms with Gasteiger partial charge in [-0.05, 0) is 86.7 Å². The van der Waals surface area contributed by atoms with E-state index in [0.717, 1.165) is 12.0 Å². The van der Waals surface area contributed by atoms with Crippen molar-refractivity contribution in [1.29, 1.82) is 0 Å². The topological polar surface area (TPSA) is 15.3 Å². The van der Waals surface area contributed by atoms with Gasteiger partial charge in [0.2, 0.25) is 0 Å². The van der Waals surface area contributed by atoms with Gasteiger partial charge < -0.3 is 5.32 Å². The highest BCUT2D eigenvalue weighted by molar-refractivity contribution is 4.85. The lowest BCUT2D eigenvalue weighted by Gasteiger charge is -2.42. The molecule has 0 aromatic heterocycles. The summed E-state index contributed by atoms with van der Waals surface area (Å²) in [6.45, 7) is 14.9. The van der Waals surface area contributed by atoms with Gasteiger partial charge in [-0.2, -0.15) is 0 Å². The molecule has 1 aliphatic carbocycles. The number of hydrogen-bond donors (Lipinski definition) is 1. The van der Waals surface area contributed by atoms with Crippen molar-refractivity contribution >= 4 is 0 Å². The van der Waals surface area contributed by atoms with Crippen molar-refractivity contribution in [1.82, 2.24) is 10.2 Å². The van der Waals surface area contributed by atoms with Crippen LogP contribution in [0.15, 0.2) is 0 Å². The predicted molar refractivity (Wildman–Crippen MR) is 81.0 cm³/mol. The van der Waals surface area contributed by atoms with Crippen LogP contribution in [0.4, 0.5) is 0 Å². The Hall–Kier alpha value is -0.0800. The lowest BCUT2D eigenvalue weighted by Crippen LogP contribution is -2.47. The lowest BCUT2D eigenvalue weighted by atomic mass is 9.83. The first-order valence-corrected chi connectivity index (χ1v) is 7.57. The third-order valence-corrected chi connectivity index (χ3v) is 4.34. The highest BCUT2D eigenvalue weighted by Gasteiger charge is 2.29. The smallest absolute Gasteiger partial charge is 0.0124 e. The monoisotopic (exact) mass is 254 g/mol. The first-order chi connectivity index (χ1) is 8.09. The van der Waals surface area contributed by atoms with Crippen LogP contribution in [-0.2, 0) is 0 Å². The van der Waals surface area contributed by atoms with Gasteiger partial charge in [0.1, 0.15) is 0 Å². The van der Waals surface area contributed by atoms with E-state index in [1.165, 1.54) is 32.2 Å². The molecule has 0 atom stereocenters. The molecular formula is C16H34N2. The van der Waals surface area contributed by atoms with Crippen molar-refractivity contribution < 1.29 is 0 Å². The summed E-state index contributed by atoms with van der Waals surface area (Å²) in [5.41, 5.74) is 0.570. The molecule has 0 amide bonds. The molecule has 1 saturated carbocycles. The second-order valence-electron chi connectivity index (χ2n) is 8.09. The highest BCUT2D eigenvalue weighted by atomic mass is 15.2. The number of rotatable bonds is 3. The normalized spacial score (nSPS) is 26.7. The van der Waals surface area contributed by atoms with Crippen LogP contribution in [-0.4, -0.2) is 35.6 Å². The molecule has 1 aliphatic rings. The fourth-order valence-electron chi connectivity index (χ4n) is 2.73. The van der Waals surface area contributed by atoms with Crippen LogP contribution in [0.1, 0.15) is 67.2 Å². The van der Waals surface area contributed by atoms with E-state index in [0.29, 0.717) is 5.54 Å². The second-order valence-corrected chi connectivity index (χ2v) is 8.09. The van der Waals surface area contributed by atoms with E-state index in [-0.39, 0.29) is 5.54 Å².